The zero-order chi connectivity index (χ0) is 10.7. The lowest BCUT2D eigenvalue weighted by atomic mass is 10.1. The number of hydrogen-bond donors (Lipinski definition) is 1. The minimum Gasteiger partial charge on any atom is -0.495 e. The van der Waals surface area contributed by atoms with Crippen molar-refractivity contribution < 1.29 is 9.84 Å². The lowest BCUT2D eigenvalue weighted by molar-refractivity contribution is 0.194. The molecule has 0 aliphatic carbocycles. The van der Waals surface area contributed by atoms with E-state index >= 15 is 0 Å². The number of aliphatic hydroxyl groups excluding tert-OH is 1. The quantitative estimate of drug-likeness (QED) is 0.921. The molecule has 1 aromatic carbocycles. The first-order valence-electron chi connectivity index (χ1n) is 4.24. The van der Waals surface area contributed by atoms with Gasteiger partial charge in [-0.05, 0) is 40.5 Å². The summed E-state index contributed by atoms with van der Waals surface area (Å²) < 4.78 is 6.02. The lowest BCUT2D eigenvalue weighted by Crippen LogP contribution is -2.06. The maximum Gasteiger partial charge on any atom is 0.136 e. The fourth-order valence-electron chi connectivity index (χ4n) is 1.31. The second-order valence-corrected chi connectivity index (χ2v) is 4.42. The molecule has 0 aliphatic rings. The molecule has 0 bridgehead atoms. The van der Waals surface area contributed by atoms with E-state index in [0.717, 1.165) is 15.8 Å². The largest absolute Gasteiger partial charge is 0.495 e. The van der Waals surface area contributed by atoms with Gasteiger partial charge < -0.3 is 9.84 Å². The third-order valence-corrected chi connectivity index (χ3v) is 2.61. The van der Waals surface area contributed by atoms with Gasteiger partial charge in [0.25, 0.3) is 0 Å². The fourth-order valence-corrected chi connectivity index (χ4v) is 2.35. The summed E-state index contributed by atoms with van der Waals surface area (Å²) in [4.78, 5) is 0. The Morgan fingerprint density at radius 1 is 1.57 bits per heavy atom. The predicted octanol–water partition coefficient (Wildman–Crippen LogP) is 3.03. The van der Waals surface area contributed by atoms with E-state index in [0.29, 0.717) is 11.4 Å². The molecule has 0 amide bonds. The van der Waals surface area contributed by atoms with Crippen molar-refractivity contribution >= 4 is 27.5 Å². The molecule has 0 saturated heterocycles. The topological polar surface area (TPSA) is 29.5 Å². The van der Waals surface area contributed by atoms with Crippen LogP contribution in [0, 0.1) is 0 Å². The molecule has 0 aliphatic heterocycles. The Bertz CT molecular complexity index is 326. The van der Waals surface area contributed by atoms with Crippen molar-refractivity contribution in [1.82, 2.24) is 0 Å². The van der Waals surface area contributed by atoms with Crippen molar-refractivity contribution in [3.8, 4) is 5.75 Å². The number of halogens is 2. The van der Waals surface area contributed by atoms with E-state index in [-0.39, 0.29) is 0 Å². The van der Waals surface area contributed by atoms with E-state index in [1.165, 1.54) is 0 Å². The highest BCUT2D eigenvalue weighted by atomic mass is 79.9. The second kappa shape index (κ2) is 5.01. The van der Waals surface area contributed by atoms with Crippen molar-refractivity contribution in [3.05, 3.63) is 27.2 Å². The van der Waals surface area contributed by atoms with Crippen molar-refractivity contribution in [2.45, 2.75) is 19.4 Å². The number of ether oxygens (including phenoxy) is 1. The molecule has 0 radical (unpaired) electrons. The van der Waals surface area contributed by atoms with Gasteiger partial charge in [-0.2, -0.15) is 0 Å². The van der Waals surface area contributed by atoms with Crippen molar-refractivity contribution in [2.24, 2.45) is 0 Å². The smallest absolute Gasteiger partial charge is 0.136 e. The van der Waals surface area contributed by atoms with E-state index in [9.17, 15) is 5.11 Å². The minimum atomic E-state index is -0.408. The molecule has 4 heteroatoms. The van der Waals surface area contributed by atoms with Crippen LogP contribution in [0.1, 0.15) is 12.5 Å². The van der Waals surface area contributed by atoms with E-state index in [4.69, 9.17) is 16.3 Å². The van der Waals surface area contributed by atoms with Crippen LogP contribution in [0.3, 0.4) is 0 Å². The van der Waals surface area contributed by atoms with Gasteiger partial charge in [0, 0.05) is 11.4 Å². The monoisotopic (exact) mass is 278 g/mol. The molecule has 0 fully saturated rings. The van der Waals surface area contributed by atoms with Crippen LogP contribution in [0.2, 0.25) is 5.02 Å². The van der Waals surface area contributed by atoms with Gasteiger partial charge in [0.1, 0.15) is 5.75 Å². The summed E-state index contributed by atoms with van der Waals surface area (Å²) in [6, 6.07) is 3.57. The highest BCUT2D eigenvalue weighted by molar-refractivity contribution is 9.10. The van der Waals surface area contributed by atoms with Gasteiger partial charge in [0.05, 0.1) is 17.7 Å². The Morgan fingerprint density at radius 3 is 2.71 bits per heavy atom. The van der Waals surface area contributed by atoms with Gasteiger partial charge in [-0.1, -0.05) is 11.6 Å². The van der Waals surface area contributed by atoms with Gasteiger partial charge in [0.15, 0.2) is 0 Å². The van der Waals surface area contributed by atoms with E-state index in [1.807, 2.05) is 0 Å². The van der Waals surface area contributed by atoms with Crippen LogP contribution in [0.25, 0.3) is 0 Å². The van der Waals surface area contributed by atoms with Gasteiger partial charge in [-0.3, -0.25) is 0 Å². The van der Waals surface area contributed by atoms with E-state index in [1.54, 1.807) is 26.2 Å². The normalized spacial score (nSPS) is 12.6. The number of hydrogen-bond acceptors (Lipinski definition) is 2. The minimum absolute atomic E-state index is 0.408. The predicted molar refractivity (Wildman–Crippen MR) is 61.1 cm³/mol. The van der Waals surface area contributed by atoms with Gasteiger partial charge in [-0.15, -0.1) is 0 Å². The zero-order valence-electron chi connectivity index (χ0n) is 8.05. The maximum atomic E-state index is 9.29. The molecule has 14 heavy (non-hydrogen) atoms. The summed E-state index contributed by atoms with van der Waals surface area (Å²) in [6.07, 6.45) is 0.122. The third-order valence-electron chi connectivity index (χ3n) is 1.80. The number of methoxy groups -OCH3 is 1. The Kier molecular flexibility index (Phi) is 4.23. The third kappa shape index (κ3) is 2.87. The second-order valence-electron chi connectivity index (χ2n) is 3.13. The van der Waals surface area contributed by atoms with Gasteiger partial charge >= 0.3 is 0 Å². The molecule has 2 nitrogen and oxygen atoms in total. The van der Waals surface area contributed by atoms with Crippen LogP contribution in [0.4, 0.5) is 0 Å². The average molecular weight is 280 g/mol. The summed E-state index contributed by atoms with van der Waals surface area (Å²) in [6.45, 7) is 1.73. The standard InChI is InChI=1S/C10H12BrClO2/c1-6(13)3-7-4-8(12)5-9(11)10(7)14-2/h4-6,13H,3H2,1-2H3/t6-/m1/s1. The Hall–Kier alpha value is -0.250. The summed E-state index contributed by atoms with van der Waals surface area (Å²) in [5, 5.41) is 9.93. The maximum absolute atomic E-state index is 9.29. The zero-order valence-corrected chi connectivity index (χ0v) is 10.4. The fraction of sp³-hybridized carbons (Fsp3) is 0.400. The molecule has 1 rings (SSSR count). The lowest BCUT2D eigenvalue weighted by Gasteiger charge is -2.12. The first kappa shape index (κ1) is 11.8. The highest BCUT2D eigenvalue weighted by Gasteiger charge is 2.11. The first-order valence-corrected chi connectivity index (χ1v) is 5.41. The number of rotatable bonds is 3. The Morgan fingerprint density at radius 2 is 2.21 bits per heavy atom. The first-order chi connectivity index (χ1) is 6.54. The average Bonchev–Trinajstić information content (AvgIpc) is 2.01. The number of aliphatic hydroxyl groups is 1. The molecule has 0 spiro atoms. The van der Waals surface area contributed by atoms with Crippen LogP contribution in [-0.2, 0) is 6.42 Å². The SMILES string of the molecule is COc1c(Br)cc(Cl)cc1C[C@@H](C)O. The summed E-state index contributed by atoms with van der Waals surface area (Å²) in [5.74, 6) is 0.732. The van der Waals surface area contributed by atoms with Gasteiger partial charge in [0.2, 0.25) is 0 Å². The van der Waals surface area contributed by atoms with E-state index < -0.39 is 6.10 Å². The van der Waals surface area contributed by atoms with Crippen molar-refractivity contribution in [2.75, 3.05) is 7.11 Å². The molecular weight excluding hydrogens is 267 g/mol. The number of benzene rings is 1. The van der Waals surface area contributed by atoms with Gasteiger partial charge in [-0.25, -0.2) is 0 Å². The highest BCUT2D eigenvalue weighted by Crippen LogP contribution is 2.33. The Labute approximate surface area is 97.0 Å². The molecule has 1 aromatic rings. The molecule has 1 atom stereocenters. The summed E-state index contributed by atoms with van der Waals surface area (Å²) in [7, 11) is 1.60. The molecule has 0 heterocycles. The van der Waals surface area contributed by atoms with Crippen LogP contribution in [0.15, 0.2) is 16.6 Å². The van der Waals surface area contributed by atoms with Crippen LogP contribution >= 0.6 is 27.5 Å². The van der Waals surface area contributed by atoms with Crippen LogP contribution in [0.5, 0.6) is 5.75 Å². The molecule has 0 unspecified atom stereocenters. The summed E-state index contributed by atoms with van der Waals surface area (Å²) >= 11 is 9.25. The van der Waals surface area contributed by atoms with Crippen molar-refractivity contribution in [1.29, 1.82) is 0 Å². The molecule has 78 valence electrons. The molecule has 1 N–H and O–H groups in total. The Balaban J connectivity index is 3.11. The van der Waals surface area contributed by atoms with Crippen molar-refractivity contribution in [3.63, 3.8) is 0 Å². The molecular formula is C10H12BrClO2. The van der Waals surface area contributed by atoms with Crippen LogP contribution < -0.4 is 4.74 Å². The van der Waals surface area contributed by atoms with Crippen LogP contribution in [-0.4, -0.2) is 18.3 Å². The summed E-state index contributed by atoms with van der Waals surface area (Å²) in [5.41, 5.74) is 0.905. The van der Waals surface area contributed by atoms with E-state index in [2.05, 4.69) is 15.9 Å². The molecule has 0 aromatic heterocycles. The molecule has 0 saturated carbocycles.